The molecule has 1 amide bonds. The Morgan fingerprint density at radius 1 is 1.39 bits per heavy atom. The van der Waals surface area contributed by atoms with Crippen molar-refractivity contribution in [2.24, 2.45) is 0 Å². The van der Waals surface area contributed by atoms with Gasteiger partial charge in [0.15, 0.2) is 0 Å². The topological polar surface area (TPSA) is 77.8 Å². The van der Waals surface area contributed by atoms with Crippen LogP contribution in [0.4, 0.5) is 4.39 Å². The molecule has 0 radical (unpaired) electrons. The summed E-state index contributed by atoms with van der Waals surface area (Å²) in [4.78, 5) is 24.1. The molecule has 5 nitrogen and oxygen atoms in total. The minimum atomic E-state index is -1.17. The number of benzene rings is 1. The molecular formula is C12H12FNO4. The molecule has 1 aliphatic heterocycles. The average molecular weight is 253 g/mol. The van der Waals surface area contributed by atoms with Gasteiger partial charge in [-0.25, -0.2) is 9.18 Å². The van der Waals surface area contributed by atoms with Gasteiger partial charge < -0.3 is 15.1 Å². The molecule has 96 valence electrons. The van der Waals surface area contributed by atoms with Crippen LogP contribution in [-0.2, 0) is 4.79 Å². The van der Waals surface area contributed by atoms with E-state index in [0.29, 0.717) is 0 Å². The second-order valence-corrected chi connectivity index (χ2v) is 4.21. The summed E-state index contributed by atoms with van der Waals surface area (Å²) < 4.78 is 13.0. The number of carbonyl (C=O) groups is 2. The number of aliphatic carboxylic acids is 1. The molecule has 2 atom stereocenters. The molecule has 2 rings (SSSR count). The summed E-state index contributed by atoms with van der Waals surface area (Å²) in [6.45, 7) is -0.0493. The average Bonchev–Trinajstić information content (AvgIpc) is 2.70. The van der Waals surface area contributed by atoms with Crippen LogP contribution in [0.2, 0.25) is 0 Å². The predicted molar refractivity (Wildman–Crippen MR) is 59.5 cm³/mol. The zero-order valence-corrected chi connectivity index (χ0v) is 9.41. The highest BCUT2D eigenvalue weighted by atomic mass is 19.1. The van der Waals surface area contributed by atoms with E-state index >= 15 is 0 Å². The maximum atomic E-state index is 13.0. The number of aliphatic hydroxyl groups excluding tert-OH is 1. The Morgan fingerprint density at radius 3 is 2.72 bits per heavy atom. The summed E-state index contributed by atoms with van der Waals surface area (Å²) in [6, 6.07) is 3.98. The number of likely N-dealkylation sites (tertiary alicyclic amines) is 1. The molecule has 6 heteroatoms. The molecule has 0 unspecified atom stereocenters. The van der Waals surface area contributed by atoms with Gasteiger partial charge in [-0.15, -0.1) is 0 Å². The number of nitrogens with zero attached hydrogens (tertiary/aromatic N) is 1. The Hall–Kier alpha value is -1.95. The van der Waals surface area contributed by atoms with E-state index in [1.807, 2.05) is 0 Å². The molecule has 0 aliphatic carbocycles. The summed E-state index contributed by atoms with van der Waals surface area (Å²) in [7, 11) is 0. The largest absolute Gasteiger partial charge is 0.480 e. The first-order chi connectivity index (χ1) is 8.49. The maximum Gasteiger partial charge on any atom is 0.326 e. The van der Waals surface area contributed by atoms with Gasteiger partial charge in [0, 0.05) is 18.5 Å². The monoisotopic (exact) mass is 253 g/mol. The Morgan fingerprint density at radius 2 is 2.11 bits per heavy atom. The molecule has 1 saturated heterocycles. The number of hydrogen-bond acceptors (Lipinski definition) is 3. The highest BCUT2D eigenvalue weighted by Crippen LogP contribution is 2.21. The van der Waals surface area contributed by atoms with Gasteiger partial charge in [-0.2, -0.15) is 0 Å². The standard InChI is InChI=1S/C12H12FNO4/c13-8-3-1-2-7(4-8)11(16)14-6-9(15)5-10(14)12(17)18/h1-4,9-10,15H,5-6H2,(H,17,18)/t9-,10+/m1/s1. The van der Waals surface area contributed by atoms with Crippen LogP contribution >= 0.6 is 0 Å². The van der Waals surface area contributed by atoms with Crippen molar-refractivity contribution in [2.45, 2.75) is 18.6 Å². The van der Waals surface area contributed by atoms with E-state index in [-0.39, 0.29) is 18.5 Å². The van der Waals surface area contributed by atoms with Crippen molar-refractivity contribution in [1.29, 1.82) is 0 Å². The minimum Gasteiger partial charge on any atom is -0.480 e. The van der Waals surface area contributed by atoms with Gasteiger partial charge in [0.2, 0.25) is 0 Å². The molecule has 1 aromatic carbocycles. The van der Waals surface area contributed by atoms with E-state index in [1.165, 1.54) is 18.2 Å². The predicted octanol–water partition coefficient (Wildman–Crippen LogP) is 0.486. The van der Waals surface area contributed by atoms with Crippen LogP contribution in [0.5, 0.6) is 0 Å². The molecule has 0 saturated carbocycles. The zero-order chi connectivity index (χ0) is 13.3. The Labute approximate surface area is 102 Å². The van der Waals surface area contributed by atoms with Crippen molar-refractivity contribution in [3.8, 4) is 0 Å². The number of carboxylic acid groups (broad SMARTS) is 1. The van der Waals surface area contributed by atoms with E-state index in [1.54, 1.807) is 0 Å². The van der Waals surface area contributed by atoms with Gasteiger partial charge in [-0.05, 0) is 18.2 Å². The van der Waals surface area contributed by atoms with E-state index in [4.69, 9.17) is 5.11 Å². The second kappa shape index (κ2) is 4.73. The third kappa shape index (κ3) is 2.33. The number of halogens is 1. The maximum absolute atomic E-state index is 13.0. The molecule has 1 aliphatic rings. The number of amides is 1. The van der Waals surface area contributed by atoms with Crippen molar-refractivity contribution in [3.63, 3.8) is 0 Å². The van der Waals surface area contributed by atoms with Crippen LogP contribution < -0.4 is 0 Å². The first-order valence-corrected chi connectivity index (χ1v) is 5.46. The lowest BCUT2D eigenvalue weighted by Gasteiger charge is -2.21. The lowest BCUT2D eigenvalue weighted by Crippen LogP contribution is -2.40. The van der Waals surface area contributed by atoms with Crippen molar-refractivity contribution >= 4 is 11.9 Å². The molecule has 18 heavy (non-hydrogen) atoms. The molecule has 0 spiro atoms. The number of carboxylic acids is 1. The Kier molecular flexibility index (Phi) is 3.29. The van der Waals surface area contributed by atoms with Gasteiger partial charge in [-0.1, -0.05) is 6.07 Å². The number of β-amino-alcohol motifs (C(OH)–C–C–N with tert-alkyl or cyclic N) is 1. The SMILES string of the molecule is O=C(O)[C@@H]1C[C@@H](O)CN1C(=O)c1cccc(F)c1. The summed E-state index contributed by atoms with van der Waals surface area (Å²) >= 11 is 0. The lowest BCUT2D eigenvalue weighted by atomic mass is 10.1. The summed E-state index contributed by atoms with van der Waals surface area (Å²) in [5, 5.41) is 18.4. The number of hydrogen-bond donors (Lipinski definition) is 2. The van der Waals surface area contributed by atoms with E-state index < -0.39 is 29.8 Å². The summed E-state index contributed by atoms with van der Waals surface area (Å²) in [6.07, 6.45) is -0.861. The first-order valence-electron chi connectivity index (χ1n) is 5.46. The first kappa shape index (κ1) is 12.5. The fourth-order valence-corrected chi connectivity index (χ4v) is 2.06. The number of carbonyl (C=O) groups excluding carboxylic acids is 1. The van der Waals surface area contributed by atoms with Crippen molar-refractivity contribution in [3.05, 3.63) is 35.6 Å². The molecule has 1 heterocycles. The van der Waals surface area contributed by atoms with Crippen molar-refractivity contribution < 1.29 is 24.2 Å². The van der Waals surface area contributed by atoms with Crippen molar-refractivity contribution in [1.82, 2.24) is 4.90 Å². The van der Waals surface area contributed by atoms with Crippen LogP contribution in [0.3, 0.4) is 0 Å². The number of aliphatic hydroxyl groups is 1. The van der Waals surface area contributed by atoms with E-state index in [9.17, 15) is 19.1 Å². The highest BCUT2D eigenvalue weighted by Gasteiger charge is 2.39. The molecule has 0 aromatic heterocycles. The summed E-state index contributed by atoms with van der Waals surface area (Å²) in [5.41, 5.74) is 0.0790. The second-order valence-electron chi connectivity index (χ2n) is 4.21. The molecular weight excluding hydrogens is 241 g/mol. The van der Waals surface area contributed by atoms with E-state index in [0.717, 1.165) is 11.0 Å². The molecule has 1 aromatic rings. The van der Waals surface area contributed by atoms with Gasteiger partial charge in [0.05, 0.1) is 6.10 Å². The normalized spacial score (nSPS) is 23.1. The Bertz CT molecular complexity index is 491. The van der Waals surface area contributed by atoms with E-state index in [2.05, 4.69) is 0 Å². The fourth-order valence-electron chi connectivity index (χ4n) is 2.06. The van der Waals surface area contributed by atoms with Crippen LogP contribution in [0.15, 0.2) is 24.3 Å². The van der Waals surface area contributed by atoms with Gasteiger partial charge in [0.1, 0.15) is 11.9 Å². The smallest absolute Gasteiger partial charge is 0.326 e. The molecule has 1 fully saturated rings. The van der Waals surface area contributed by atoms with Crippen LogP contribution in [0.1, 0.15) is 16.8 Å². The molecule has 2 N–H and O–H groups in total. The van der Waals surface area contributed by atoms with Crippen LogP contribution in [0.25, 0.3) is 0 Å². The summed E-state index contributed by atoms with van der Waals surface area (Å²) in [5.74, 6) is -2.32. The van der Waals surface area contributed by atoms with Gasteiger partial charge in [-0.3, -0.25) is 4.79 Å². The van der Waals surface area contributed by atoms with Crippen LogP contribution in [0, 0.1) is 5.82 Å². The van der Waals surface area contributed by atoms with Gasteiger partial charge >= 0.3 is 5.97 Å². The Balaban J connectivity index is 2.25. The van der Waals surface area contributed by atoms with Gasteiger partial charge in [0.25, 0.3) is 5.91 Å². The minimum absolute atomic E-state index is 0.00358. The van der Waals surface area contributed by atoms with Crippen LogP contribution in [-0.4, -0.2) is 45.7 Å². The highest BCUT2D eigenvalue weighted by molar-refractivity contribution is 5.97. The third-order valence-electron chi connectivity index (χ3n) is 2.90. The third-order valence-corrected chi connectivity index (χ3v) is 2.90. The quantitative estimate of drug-likeness (QED) is 0.804. The number of rotatable bonds is 2. The van der Waals surface area contributed by atoms with Crippen molar-refractivity contribution in [2.75, 3.05) is 6.54 Å². The fraction of sp³-hybridized carbons (Fsp3) is 0.333. The lowest BCUT2D eigenvalue weighted by molar-refractivity contribution is -0.141. The zero-order valence-electron chi connectivity index (χ0n) is 9.41. The molecule has 0 bridgehead atoms.